The Balaban J connectivity index is 2.07. The van der Waals surface area contributed by atoms with E-state index < -0.39 is 6.10 Å². The maximum Gasteiger partial charge on any atom is 0.273 e. The summed E-state index contributed by atoms with van der Waals surface area (Å²) in [6.07, 6.45) is -0.488. The van der Waals surface area contributed by atoms with Gasteiger partial charge in [-0.25, -0.2) is 4.98 Å². The van der Waals surface area contributed by atoms with Gasteiger partial charge in [-0.2, -0.15) is 0 Å². The number of nitrogens with zero attached hydrogens (tertiary/aromatic N) is 2. The first-order valence-electron chi connectivity index (χ1n) is 4.74. The second-order valence-corrected chi connectivity index (χ2v) is 4.30. The molecule has 2 rings (SSSR count). The van der Waals surface area contributed by atoms with Crippen LogP contribution in [0.5, 0.6) is 0 Å². The Morgan fingerprint density at radius 2 is 2.53 bits per heavy atom. The maximum absolute atomic E-state index is 11.9. The molecule has 0 unspecified atom stereocenters. The Morgan fingerprint density at radius 3 is 3.07 bits per heavy atom. The molecule has 1 aromatic heterocycles. The number of aliphatic hydroxyl groups excluding tert-OH is 1. The van der Waals surface area contributed by atoms with Gasteiger partial charge in [0, 0.05) is 25.5 Å². The van der Waals surface area contributed by atoms with Crippen LogP contribution < -0.4 is 5.32 Å². The zero-order valence-electron chi connectivity index (χ0n) is 8.38. The molecule has 1 aromatic rings. The van der Waals surface area contributed by atoms with Crippen LogP contribution in [0, 0.1) is 0 Å². The van der Waals surface area contributed by atoms with Crippen molar-refractivity contribution >= 4 is 17.2 Å². The third kappa shape index (κ3) is 2.01. The third-order valence-electron chi connectivity index (χ3n) is 2.62. The second kappa shape index (κ2) is 4.26. The molecule has 2 atom stereocenters. The molecule has 1 aliphatic rings. The van der Waals surface area contributed by atoms with Gasteiger partial charge in [-0.05, 0) is 0 Å². The van der Waals surface area contributed by atoms with E-state index in [1.54, 1.807) is 22.8 Å². The summed E-state index contributed by atoms with van der Waals surface area (Å²) in [6, 6.07) is -0.154. The standard InChI is InChI=1S/C9H13N3O2S/c1-12(7-2-10-3-8(7)13)9(14)6-4-15-5-11-6/h4-5,7-8,10,13H,2-3H2,1H3/t7-,8-/m0/s1. The fourth-order valence-electron chi connectivity index (χ4n) is 1.70. The summed E-state index contributed by atoms with van der Waals surface area (Å²) in [5.74, 6) is -0.135. The van der Waals surface area contributed by atoms with Crippen LogP contribution in [0.1, 0.15) is 10.5 Å². The molecule has 5 nitrogen and oxygen atoms in total. The first-order chi connectivity index (χ1) is 7.20. The van der Waals surface area contributed by atoms with Crippen LogP contribution in [-0.2, 0) is 0 Å². The van der Waals surface area contributed by atoms with E-state index in [4.69, 9.17) is 0 Å². The molecule has 1 saturated heterocycles. The fraction of sp³-hybridized carbons (Fsp3) is 0.556. The first-order valence-corrected chi connectivity index (χ1v) is 5.68. The molecule has 1 amide bonds. The molecular formula is C9H13N3O2S. The lowest BCUT2D eigenvalue weighted by atomic mass is 10.2. The van der Waals surface area contributed by atoms with E-state index in [9.17, 15) is 9.90 Å². The Hall–Kier alpha value is -0.980. The topological polar surface area (TPSA) is 65.5 Å². The third-order valence-corrected chi connectivity index (χ3v) is 3.21. The number of nitrogens with one attached hydrogen (secondary N) is 1. The molecule has 0 spiro atoms. The molecule has 82 valence electrons. The lowest BCUT2D eigenvalue weighted by Crippen LogP contribution is -2.44. The minimum absolute atomic E-state index is 0.135. The van der Waals surface area contributed by atoms with Crippen LogP contribution in [0.4, 0.5) is 0 Å². The smallest absolute Gasteiger partial charge is 0.273 e. The number of aromatic nitrogens is 1. The fourth-order valence-corrected chi connectivity index (χ4v) is 2.22. The van der Waals surface area contributed by atoms with E-state index in [2.05, 4.69) is 10.3 Å². The minimum atomic E-state index is -0.488. The van der Waals surface area contributed by atoms with Crippen molar-refractivity contribution < 1.29 is 9.90 Å². The molecular weight excluding hydrogens is 214 g/mol. The van der Waals surface area contributed by atoms with Crippen molar-refractivity contribution in [2.24, 2.45) is 0 Å². The highest BCUT2D eigenvalue weighted by molar-refractivity contribution is 7.07. The highest BCUT2D eigenvalue weighted by atomic mass is 32.1. The van der Waals surface area contributed by atoms with Crippen molar-refractivity contribution in [3.63, 3.8) is 0 Å². The monoisotopic (exact) mass is 227 g/mol. The van der Waals surface area contributed by atoms with Gasteiger partial charge in [-0.3, -0.25) is 4.79 Å². The van der Waals surface area contributed by atoms with Crippen LogP contribution in [0.3, 0.4) is 0 Å². The predicted octanol–water partition coefficient (Wildman–Crippen LogP) is -0.452. The zero-order valence-corrected chi connectivity index (χ0v) is 9.20. The molecule has 0 radical (unpaired) electrons. The predicted molar refractivity (Wildman–Crippen MR) is 56.9 cm³/mol. The van der Waals surface area contributed by atoms with Gasteiger partial charge in [0.25, 0.3) is 5.91 Å². The van der Waals surface area contributed by atoms with Crippen molar-refractivity contribution in [2.45, 2.75) is 12.1 Å². The average molecular weight is 227 g/mol. The summed E-state index contributed by atoms with van der Waals surface area (Å²) in [6.45, 7) is 1.17. The molecule has 1 aliphatic heterocycles. The number of β-amino-alcohol motifs (C(OH)–C–C–N with tert-alkyl or cyclic N) is 1. The number of carbonyl (C=O) groups is 1. The van der Waals surface area contributed by atoms with E-state index in [0.29, 0.717) is 18.8 Å². The van der Waals surface area contributed by atoms with E-state index in [0.717, 1.165) is 0 Å². The molecule has 0 aromatic carbocycles. The summed E-state index contributed by atoms with van der Waals surface area (Å²) < 4.78 is 0. The van der Waals surface area contributed by atoms with Gasteiger partial charge < -0.3 is 15.3 Å². The van der Waals surface area contributed by atoms with Gasteiger partial charge in [0.2, 0.25) is 0 Å². The van der Waals surface area contributed by atoms with Crippen molar-refractivity contribution in [2.75, 3.05) is 20.1 Å². The van der Waals surface area contributed by atoms with E-state index in [1.807, 2.05) is 0 Å². The van der Waals surface area contributed by atoms with Gasteiger partial charge in [0.05, 0.1) is 17.7 Å². The van der Waals surface area contributed by atoms with Crippen molar-refractivity contribution in [1.82, 2.24) is 15.2 Å². The molecule has 0 bridgehead atoms. The van der Waals surface area contributed by atoms with Gasteiger partial charge in [0.15, 0.2) is 0 Å². The lowest BCUT2D eigenvalue weighted by Gasteiger charge is -2.25. The summed E-state index contributed by atoms with van der Waals surface area (Å²) in [7, 11) is 1.70. The highest BCUT2D eigenvalue weighted by Crippen LogP contribution is 2.12. The number of thiazole rings is 1. The van der Waals surface area contributed by atoms with Gasteiger partial charge >= 0.3 is 0 Å². The van der Waals surface area contributed by atoms with Crippen molar-refractivity contribution in [3.8, 4) is 0 Å². The van der Waals surface area contributed by atoms with Crippen LogP contribution in [0.25, 0.3) is 0 Å². The van der Waals surface area contributed by atoms with Gasteiger partial charge in [-0.15, -0.1) is 11.3 Å². The van der Waals surface area contributed by atoms with E-state index in [1.165, 1.54) is 11.3 Å². The normalized spacial score (nSPS) is 25.5. The SMILES string of the molecule is CN(C(=O)c1cscn1)[C@H]1CNC[C@@H]1O. The zero-order chi connectivity index (χ0) is 10.8. The lowest BCUT2D eigenvalue weighted by molar-refractivity contribution is 0.0576. The molecule has 0 saturated carbocycles. The average Bonchev–Trinajstić information content (AvgIpc) is 2.85. The first kappa shape index (κ1) is 10.5. The van der Waals surface area contributed by atoms with E-state index in [-0.39, 0.29) is 11.9 Å². The second-order valence-electron chi connectivity index (χ2n) is 3.58. The molecule has 0 aliphatic carbocycles. The van der Waals surface area contributed by atoms with Crippen molar-refractivity contribution in [3.05, 3.63) is 16.6 Å². The summed E-state index contributed by atoms with van der Waals surface area (Å²) >= 11 is 1.39. The van der Waals surface area contributed by atoms with Crippen LogP contribution in [-0.4, -0.2) is 53.2 Å². The number of aliphatic hydroxyl groups is 1. The number of rotatable bonds is 2. The quantitative estimate of drug-likeness (QED) is 0.718. The van der Waals surface area contributed by atoms with E-state index >= 15 is 0 Å². The Labute approximate surface area is 91.7 Å². The number of hydrogen-bond donors (Lipinski definition) is 2. The van der Waals surface area contributed by atoms with Gasteiger partial charge in [-0.1, -0.05) is 0 Å². The molecule has 1 fully saturated rings. The van der Waals surface area contributed by atoms with Crippen molar-refractivity contribution in [1.29, 1.82) is 0 Å². The Kier molecular flexibility index (Phi) is 2.99. The molecule has 2 heterocycles. The number of hydrogen-bond acceptors (Lipinski definition) is 5. The van der Waals surface area contributed by atoms with Crippen LogP contribution in [0.2, 0.25) is 0 Å². The Morgan fingerprint density at radius 1 is 1.73 bits per heavy atom. The molecule has 2 N–H and O–H groups in total. The largest absolute Gasteiger partial charge is 0.390 e. The molecule has 6 heteroatoms. The summed E-state index contributed by atoms with van der Waals surface area (Å²) in [4.78, 5) is 17.4. The number of likely N-dealkylation sites (N-methyl/N-ethyl adjacent to an activating group) is 1. The number of carbonyl (C=O) groups excluding carboxylic acids is 1. The highest BCUT2D eigenvalue weighted by Gasteiger charge is 2.31. The number of amides is 1. The molecule has 15 heavy (non-hydrogen) atoms. The van der Waals surface area contributed by atoms with Gasteiger partial charge in [0.1, 0.15) is 5.69 Å². The Bertz CT molecular complexity index is 341. The van der Waals surface area contributed by atoms with Crippen LogP contribution in [0.15, 0.2) is 10.9 Å². The van der Waals surface area contributed by atoms with Crippen LogP contribution >= 0.6 is 11.3 Å². The maximum atomic E-state index is 11.9. The summed E-state index contributed by atoms with van der Waals surface area (Å²) in [5, 5.41) is 14.4. The summed E-state index contributed by atoms with van der Waals surface area (Å²) in [5.41, 5.74) is 2.08. The minimum Gasteiger partial charge on any atom is -0.390 e.